The minimum absolute atomic E-state index is 0. The standard InChI is InChI=1S/C20H31N5O.HI/c1-5-22-19(23-11-13-25-12-10-21-15-25)24-14-18(26)16-6-8-17(9-7-16)20(2,3)4;/h6-10,12,15,18,26H,5,11,13-14H2,1-4H3,(H2,22,23,24);1H. The smallest absolute Gasteiger partial charge is 0.191 e. The summed E-state index contributed by atoms with van der Waals surface area (Å²) in [7, 11) is 0. The lowest BCUT2D eigenvalue weighted by Crippen LogP contribution is -2.39. The van der Waals surface area contributed by atoms with E-state index in [1.807, 2.05) is 29.8 Å². The molecule has 27 heavy (non-hydrogen) atoms. The molecule has 3 N–H and O–H groups in total. The first kappa shape index (κ1) is 23.4. The quantitative estimate of drug-likeness (QED) is 0.320. The van der Waals surface area contributed by atoms with Gasteiger partial charge in [0, 0.05) is 32.0 Å². The monoisotopic (exact) mass is 485 g/mol. The summed E-state index contributed by atoms with van der Waals surface area (Å²) in [4.78, 5) is 8.53. The van der Waals surface area contributed by atoms with E-state index in [9.17, 15) is 5.11 Å². The van der Waals surface area contributed by atoms with Gasteiger partial charge in [0.25, 0.3) is 0 Å². The number of benzene rings is 1. The fraction of sp³-hybridized carbons (Fsp3) is 0.500. The maximum atomic E-state index is 10.4. The van der Waals surface area contributed by atoms with Gasteiger partial charge in [0.05, 0.1) is 19.0 Å². The van der Waals surface area contributed by atoms with Crippen LogP contribution >= 0.6 is 24.0 Å². The normalized spacial score (nSPS) is 13.0. The van der Waals surface area contributed by atoms with Gasteiger partial charge in [-0.25, -0.2) is 4.98 Å². The van der Waals surface area contributed by atoms with Crippen LogP contribution in [0.4, 0.5) is 0 Å². The summed E-state index contributed by atoms with van der Waals surface area (Å²) in [6.45, 7) is 11.2. The molecule has 150 valence electrons. The Morgan fingerprint density at radius 1 is 1.22 bits per heavy atom. The molecule has 1 atom stereocenters. The average Bonchev–Trinajstić information content (AvgIpc) is 3.12. The predicted molar refractivity (Wildman–Crippen MR) is 122 cm³/mol. The predicted octanol–water partition coefficient (Wildman–Crippen LogP) is 3.09. The molecule has 6 nitrogen and oxygen atoms in total. The molecule has 0 spiro atoms. The number of imidazole rings is 1. The van der Waals surface area contributed by atoms with Gasteiger partial charge < -0.3 is 20.3 Å². The highest BCUT2D eigenvalue weighted by Crippen LogP contribution is 2.24. The highest BCUT2D eigenvalue weighted by molar-refractivity contribution is 14.0. The Hall–Kier alpha value is -1.61. The van der Waals surface area contributed by atoms with Crippen molar-refractivity contribution in [1.29, 1.82) is 0 Å². The fourth-order valence-corrected chi connectivity index (χ4v) is 2.55. The van der Waals surface area contributed by atoms with Crippen LogP contribution < -0.4 is 10.6 Å². The molecule has 0 saturated heterocycles. The van der Waals surface area contributed by atoms with E-state index in [4.69, 9.17) is 0 Å². The van der Waals surface area contributed by atoms with Crippen LogP contribution in [0.25, 0.3) is 0 Å². The number of rotatable bonds is 7. The number of aliphatic hydroxyl groups excluding tert-OH is 1. The summed E-state index contributed by atoms with van der Waals surface area (Å²) in [5.74, 6) is 0.706. The minimum Gasteiger partial charge on any atom is -0.386 e. The van der Waals surface area contributed by atoms with Crippen molar-refractivity contribution in [2.45, 2.75) is 45.8 Å². The van der Waals surface area contributed by atoms with Crippen LogP contribution in [-0.4, -0.2) is 40.3 Å². The number of nitrogens with one attached hydrogen (secondary N) is 2. The Labute approximate surface area is 179 Å². The molecular formula is C20H32IN5O. The lowest BCUT2D eigenvalue weighted by atomic mass is 9.86. The Bertz CT molecular complexity index is 677. The number of guanidine groups is 1. The third kappa shape index (κ3) is 7.88. The maximum absolute atomic E-state index is 10.4. The van der Waals surface area contributed by atoms with Gasteiger partial charge in [0.15, 0.2) is 5.96 Å². The van der Waals surface area contributed by atoms with Gasteiger partial charge in [-0.05, 0) is 23.5 Å². The second kappa shape index (κ2) is 11.3. The molecule has 0 amide bonds. The van der Waals surface area contributed by atoms with E-state index in [1.54, 1.807) is 12.5 Å². The highest BCUT2D eigenvalue weighted by atomic mass is 127. The molecule has 1 aromatic carbocycles. The number of aliphatic hydroxyl groups is 1. The van der Waals surface area contributed by atoms with E-state index in [2.05, 4.69) is 53.5 Å². The number of halogens is 1. The van der Waals surface area contributed by atoms with E-state index < -0.39 is 6.10 Å². The molecule has 0 fully saturated rings. The maximum Gasteiger partial charge on any atom is 0.191 e. The molecule has 1 aromatic heterocycles. The molecule has 0 aliphatic heterocycles. The summed E-state index contributed by atoms with van der Waals surface area (Å²) in [5.41, 5.74) is 2.25. The summed E-state index contributed by atoms with van der Waals surface area (Å²) < 4.78 is 2.00. The Kier molecular flexibility index (Phi) is 9.79. The molecule has 0 aliphatic carbocycles. The van der Waals surface area contributed by atoms with E-state index in [0.29, 0.717) is 12.5 Å². The van der Waals surface area contributed by atoms with Gasteiger partial charge in [-0.1, -0.05) is 45.0 Å². The molecule has 1 unspecified atom stereocenters. The molecule has 1 heterocycles. The molecule has 0 saturated carbocycles. The van der Waals surface area contributed by atoms with Crippen molar-refractivity contribution in [3.05, 3.63) is 54.1 Å². The first-order valence-electron chi connectivity index (χ1n) is 9.16. The first-order chi connectivity index (χ1) is 12.4. The Morgan fingerprint density at radius 3 is 2.48 bits per heavy atom. The number of hydrogen-bond donors (Lipinski definition) is 3. The zero-order valence-electron chi connectivity index (χ0n) is 16.6. The number of aliphatic imine (C=N–C) groups is 1. The van der Waals surface area contributed by atoms with Gasteiger partial charge in [-0.15, -0.1) is 24.0 Å². The van der Waals surface area contributed by atoms with Crippen molar-refractivity contribution in [2.75, 3.05) is 19.6 Å². The van der Waals surface area contributed by atoms with E-state index in [0.717, 1.165) is 25.2 Å². The summed E-state index contributed by atoms with van der Waals surface area (Å²) in [6, 6.07) is 8.13. The van der Waals surface area contributed by atoms with Crippen LogP contribution in [0.3, 0.4) is 0 Å². The second-order valence-electron chi connectivity index (χ2n) is 7.33. The third-order valence-electron chi connectivity index (χ3n) is 4.15. The summed E-state index contributed by atoms with van der Waals surface area (Å²) in [5, 5.41) is 16.9. The van der Waals surface area contributed by atoms with Crippen LogP contribution in [0, 0.1) is 0 Å². The largest absolute Gasteiger partial charge is 0.386 e. The first-order valence-corrected chi connectivity index (χ1v) is 9.16. The lowest BCUT2D eigenvalue weighted by molar-refractivity contribution is 0.187. The molecule has 0 aliphatic rings. The Morgan fingerprint density at radius 2 is 1.93 bits per heavy atom. The number of aromatic nitrogens is 2. The number of nitrogens with zero attached hydrogens (tertiary/aromatic N) is 3. The fourth-order valence-electron chi connectivity index (χ4n) is 2.55. The highest BCUT2D eigenvalue weighted by Gasteiger charge is 2.14. The molecule has 0 bridgehead atoms. The average molecular weight is 485 g/mol. The van der Waals surface area contributed by atoms with Crippen molar-refractivity contribution in [1.82, 2.24) is 20.2 Å². The number of hydrogen-bond acceptors (Lipinski definition) is 3. The SMILES string of the molecule is CCNC(=NCC(O)c1ccc(C(C)(C)C)cc1)NCCn1ccnc1.I. The van der Waals surface area contributed by atoms with Crippen molar-refractivity contribution >= 4 is 29.9 Å². The summed E-state index contributed by atoms with van der Waals surface area (Å²) >= 11 is 0. The molecule has 7 heteroatoms. The van der Waals surface area contributed by atoms with Crippen LogP contribution in [0.1, 0.15) is 44.9 Å². The van der Waals surface area contributed by atoms with E-state index in [-0.39, 0.29) is 29.4 Å². The van der Waals surface area contributed by atoms with Crippen LogP contribution in [0.2, 0.25) is 0 Å². The second-order valence-corrected chi connectivity index (χ2v) is 7.33. The van der Waals surface area contributed by atoms with E-state index >= 15 is 0 Å². The zero-order chi connectivity index (χ0) is 19.0. The lowest BCUT2D eigenvalue weighted by Gasteiger charge is -2.20. The molecule has 2 rings (SSSR count). The van der Waals surface area contributed by atoms with Crippen molar-refractivity contribution < 1.29 is 5.11 Å². The molecule has 0 radical (unpaired) electrons. The van der Waals surface area contributed by atoms with Crippen molar-refractivity contribution in [3.63, 3.8) is 0 Å². The van der Waals surface area contributed by atoms with Crippen LogP contribution in [0.5, 0.6) is 0 Å². The summed E-state index contributed by atoms with van der Waals surface area (Å²) in [6.07, 6.45) is 4.86. The van der Waals surface area contributed by atoms with Crippen LogP contribution in [-0.2, 0) is 12.0 Å². The van der Waals surface area contributed by atoms with Gasteiger partial charge in [0.2, 0.25) is 0 Å². The van der Waals surface area contributed by atoms with Gasteiger partial charge in [-0.3, -0.25) is 4.99 Å². The topological polar surface area (TPSA) is 74.5 Å². The molecule has 2 aromatic rings. The third-order valence-corrected chi connectivity index (χ3v) is 4.15. The van der Waals surface area contributed by atoms with Crippen molar-refractivity contribution in [3.8, 4) is 0 Å². The van der Waals surface area contributed by atoms with E-state index in [1.165, 1.54) is 5.56 Å². The van der Waals surface area contributed by atoms with Gasteiger partial charge in [0.1, 0.15) is 0 Å². The van der Waals surface area contributed by atoms with Gasteiger partial charge >= 0.3 is 0 Å². The van der Waals surface area contributed by atoms with Crippen molar-refractivity contribution in [2.24, 2.45) is 4.99 Å². The van der Waals surface area contributed by atoms with Gasteiger partial charge in [-0.2, -0.15) is 0 Å². The molecular weight excluding hydrogens is 453 g/mol. The Balaban J connectivity index is 0.00000364. The zero-order valence-corrected chi connectivity index (χ0v) is 19.0. The minimum atomic E-state index is -0.617. The van der Waals surface area contributed by atoms with Crippen LogP contribution in [0.15, 0.2) is 48.0 Å².